The third-order valence-corrected chi connectivity index (χ3v) is 13.8. The van der Waals surface area contributed by atoms with E-state index in [2.05, 4.69) is 117 Å². The van der Waals surface area contributed by atoms with Gasteiger partial charge in [-0.15, -0.1) is 54.1 Å². The summed E-state index contributed by atoms with van der Waals surface area (Å²) in [5, 5.41) is 3.62. The van der Waals surface area contributed by atoms with Gasteiger partial charge in [0.1, 0.15) is 0 Å². The van der Waals surface area contributed by atoms with Crippen molar-refractivity contribution in [2.45, 2.75) is 104 Å². The Kier molecular flexibility index (Phi) is 13.0. The third kappa shape index (κ3) is 9.41. The molecule has 2 aliphatic rings. The molecule has 0 unspecified atom stereocenters. The average Bonchev–Trinajstić information content (AvgIpc) is 3.59. The molecule has 1 radical (unpaired) electrons. The maximum atomic E-state index is 6.45. The number of furan rings is 1. The van der Waals surface area contributed by atoms with Gasteiger partial charge in [-0.3, -0.25) is 0 Å². The molecule has 7 aromatic rings. The van der Waals surface area contributed by atoms with E-state index in [1.807, 2.05) is 30.5 Å². The van der Waals surface area contributed by atoms with Gasteiger partial charge in [-0.05, 0) is 96.3 Å². The fourth-order valence-corrected chi connectivity index (χ4v) is 10.5. The van der Waals surface area contributed by atoms with Gasteiger partial charge in [-0.1, -0.05) is 118 Å². The van der Waals surface area contributed by atoms with E-state index in [0.29, 0.717) is 11.6 Å². The smallest absolute Gasteiger partial charge is 0.216 e. The summed E-state index contributed by atoms with van der Waals surface area (Å²) in [6.07, 6.45) is 18.0. The molecule has 57 heavy (non-hydrogen) atoms. The molecule has 0 saturated heterocycles. The number of benzene rings is 3. The van der Waals surface area contributed by atoms with Crippen LogP contribution in [0.3, 0.4) is 0 Å². The van der Waals surface area contributed by atoms with Gasteiger partial charge in [-0.2, -0.15) is 0 Å². The van der Waals surface area contributed by atoms with Gasteiger partial charge in [0.05, 0.1) is 19.4 Å². The van der Waals surface area contributed by atoms with Crippen molar-refractivity contribution >= 4 is 35.3 Å². The van der Waals surface area contributed by atoms with Gasteiger partial charge in [0, 0.05) is 43.4 Å². The van der Waals surface area contributed by atoms with Gasteiger partial charge in [0.25, 0.3) is 0 Å². The summed E-state index contributed by atoms with van der Waals surface area (Å²) in [5.41, 5.74) is 13.5. The van der Waals surface area contributed by atoms with Crippen LogP contribution in [0.1, 0.15) is 81.0 Å². The van der Waals surface area contributed by atoms with E-state index in [0.717, 1.165) is 69.7 Å². The van der Waals surface area contributed by atoms with Crippen LogP contribution in [0.5, 0.6) is 0 Å². The van der Waals surface area contributed by atoms with E-state index in [1.165, 1.54) is 84.4 Å². The minimum atomic E-state index is -1.34. The van der Waals surface area contributed by atoms with Crippen molar-refractivity contribution in [3.05, 3.63) is 132 Å². The van der Waals surface area contributed by atoms with Gasteiger partial charge < -0.3 is 14.4 Å². The first-order valence-electron chi connectivity index (χ1n) is 21.0. The Morgan fingerprint density at radius 1 is 0.772 bits per heavy atom. The molecule has 0 atom stereocenters. The third-order valence-electron chi connectivity index (χ3n) is 11.7. The summed E-state index contributed by atoms with van der Waals surface area (Å²) in [4.78, 5) is 14.4. The topological polar surface area (TPSA) is 51.8 Å². The monoisotopic (exact) mass is 946 g/mol. The quantitative estimate of drug-likeness (QED) is 0.113. The molecule has 3 aromatic carbocycles. The molecular weight excluding hydrogens is 891 g/mol. The molecule has 0 N–H and O–H groups in total. The second-order valence-electron chi connectivity index (χ2n) is 17.5. The van der Waals surface area contributed by atoms with E-state index in [1.54, 1.807) is 0 Å². The van der Waals surface area contributed by atoms with Crippen LogP contribution in [0.15, 0.2) is 102 Å². The average molecular weight is 946 g/mol. The van der Waals surface area contributed by atoms with Crippen LogP contribution >= 0.6 is 0 Å². The first kappa shape index (κ1) is 41.0. The van der Waals surface area contributed by atoms with Crippen molar-refractivity contribution in [1.29, 1.82) is 0 Å². The second-order valence-corrected chi connectivity index (χ2v) is 22.5. The summed E-state index contributed by atoms with van der Waals surface area (Å²) in [5.74, 6) is 1.46. The van der Waals surface area contributed by atoms with Crippen LogP contribution < -0.4 is 5.19 Å². The second kappa shape index (κ2) is 18.1. The summed E-state index contributed by atoms with van der Waals surface area (Å²) < 4.78 is 6.45. The number of nitrogens with zero attached hydrogens (tertiary/aromatic N) is 3. The predicted molar refractivity (Wildman–Crippen MR) is 236 cm³/mol. The maximum Gasteiger partial charge on any atom is 0.216 e. The number of aromatic nitrogens is 3. The Morgan fingerprint density at radius 2 is 1.61 bits per heavy atom. The number of hydrogen-bond acceptors (Lipinski definition) is 4. The zero-order chi connectivity index (χ0) is 38.6. The molecule has 4 heterocycles. The Bertz CT molecular complexity index is 2440. The minimum absolute atomic E-state index is 0. The molecule has 0 bridgehead atoms. The Hall–Kier alpha value is -4.22. The summed E-state index contributed by atoms with van der Waals surface area (Å²) in [6.45, 7) is 11.7. The molecule has 1 fully saturated rings. The fourth-order valence-electron chi connectivity index (χ4n) is 8.93. The number of fused-ring (bicyclic) bond motifs is 4. The Morgan fingerprint density at radius 3 is 2.40 bits per heavy atom. The summed E-state index contributed by atoms with van der Waals surface area (Å²) >= 11 is 0. The molecule has 6 heteroatoms. The van der Waals surface area contributed by atoms with Crippen LogP contribution in [0, 0.1) is 24.0 Å². The maximum absolute atomic E-state index is 6.45. The molecule has 0 aliphatic heterocycles. The van der Waals surface area contributed by atoms with Crippen LogP contribution in [-0.2, 0) is 45.8 Å². The normalized spacial score (nSPS) is 14.6. The first-order valence-corrected chi connectivity index (χ1v) is 24.5. The summed E-state index contributed by atoms with van der Waals surface area (Å²) in [6, 6.07) is 36.5. The minimum Gasteiger partial charge on any atom is -0.486 e. The number of rotatable bonds is 8. The van der Waals surface area contributed by atoms with Gasteiger partial charge >= 0.3 is 0 Å². The van der Waals surface area contributed by atoms with Crippen LogP contribution in [-0.4, -0.2) is 23.0 Å². The molecule has 1 saturated carbocycles. The molecule has 4 nitrogen and oxygen atoms in total. The SMILES string of the molecule is CC(C)Cc1cc(-c2[c-]cccc2)ncc1[Si](C)(C)C.[Ir].[c-]1ccc2c(oc3nc(-c4cccc5c4CCCC5)ccc32)c1-c1cc(CC2CCCCC2)ccn1. The van der Waals surface area contributed by atoms with E-state index in [4.69, 9.17) is 14.4 Å². The standard InChI is InChI=1S/C33H31N2O.C18H24NSi.Ir/c1-2-8-22(9-3-1)20-23-18-19-34-31(21-23)29-15-7-14-27-28-16-17-30(35-33(28)36-32(27)29)26-13-6-11-24-10-4-5-12-25(24)26;1-14(2)11-16-12-17(15-9-7-6-8-10-15)19-13-18(16)20(3,4)5;/h6-7,11,13-14,16-19,21-22H,1-5,8-10,12,20H2;6-9,12-14H,11H2,1-5H3;/q2*-1;. The molecule has 2 aliphatic carbocycles. The molecule has 0 amide bonds. The van der Waals surface area contributed by atoms with Crippen molar-refractivity contribution in [3.8, 4) is 33.8 Å². The zero-order valence-electron chi connectivity index (χ0n) is 34.3. The fraction of sp³-hybridized carbons (Fsp3) is 0.353. The van der Waals surface area contributed by atoms with Crippen LogP contribution in [0.4, 0.5) is 0 Å². The molecule has 9 rings (SSSR count). The zero-order valence-corrected chi connectivity index (χ0v) is 37.6. The largest absolute Gasteiger partial charge is 0.486 e. The van der Waals surface area contributed by atoms with Crippen molar-refractivity contribution in [3.63, 3.8) is 0 Å². The molecule has 4 aromatic heterocycles. The van der Waals surface area contributed by atoms with E-state index < -0.39 is 8.07 Å². The van der Waals surface area contributed by atoms with E-state index in [-0.39, 0.29) is 20.1 Å². The number of pyridine rings is 3. The van der Waals surface area contributed by atoms with Gasteiger partial charge in [0.2, 0.25) is 5.71 Å². The van der Waals surface area contributed by atoms with Crippen LogP contribution in [0.25, 0.3) is 55.8 Å². The predicted octanol–water partition coefficient (Wildman–Crippen LogP) is 12.8. The van der Waals surface area contributed by atoms with Gasteiger partial charge in [-0.25, -0.2) is 4.98 Å². The van der Waals surface area contributed by atoms with Crippen molar-refractivity contribution in [1.82, 2.24) is 15.0 Å². The van der Waals surface area contributed by atoms with Crippen LogP contribution in [0.2, 0.25) is 19.6 Å². The Labute approximate surface area is 354 Å². The number of aryl methyl sites for hydroxylation is 1. The van der Waals surface area contributed by atoms with E-state index >= 15 is 0 Å². The van der Waals surface area contributed by atoms with Crippen molar-refractivity contribution < 1.29 is 24.5 Å². The first-order chi connectivity index (χ1) is 27.2. The molecule has 295 valence electrons. The van der Waals surface area contributed by atoms with E-state index in [9.17, 15) is 0 Å². The molecule has 0 spiro atoms. The van der Waals surface area contributed by atoms with Crippen molar-refractivity contribution in [2.24, 2.45) is 11.8 Å². The Balaban J connectivity index is 0.000000202. The molecular formula is C51H55IrN3OSi-2. The van der Waals surface area contributed by atoms with Gasteiger partial charge in [0.15, 0.2) is 0 Å². The van der Waals surface area contributed by atoms with Crippen molar-refractivity contribution in [2.75, 3.05) is 0 Å². The number of hydrogen-bond donors (Lipinski definition) is 0. The summed E-state index contributed by atoms with van der Waals surface area (Å²) in [7, 11) is -1.34.